The molecule has 4 heteroatoms. The predicted octanol–water partition coefficient (Wildman–Crippen LogP) is 2.60. The Hall–Kier alpha value is -1.29. The molecule has 2 rings (SSSR count). The SMILES string of the molecule is CCCCC(N)C(=O)N(Cc1ccc(C)o1)C1CC1. The van der Waals surface area contributed by atoms with Crippen molar-refractivity contribution in [1.29, 1.82) is 0 Å². The third kappa shape index (κ3) is 3.83. The average molecular weight is 264 g/mol. The van der Waals surface area contributed by atoms with Gasteiger partial charge in [0.2, 0.25) is 5.91 Å². The molecule has 1 aromatic rings. The number of amides is 1. The molecule has 1 saturated carbocycles. The summed E-state index contributed by atoms with van der Waals surface area (Å²) in [6.45, 7) is 4.58. The van der Waals surface area contributed by atoms with Crippen molar-refractivity contribution in [3.05, 3.63) is 23.7 Å². The van der Waals surface area contributed by atoms with E-state index in [0.717, 1.165) is 43.6 Å². The molecule has 1 amide bonds. The van der Waals surface area contributed by atoms with Crippen LogP contribution < -0.4 is 5.73 Å². The van der Waals surface area contributed by atoms with Crippen molar-refractivity contribution in [3.8, 4) is 0 Å². The maximum Gasteiger partial charge on any atom is 0.240 e. The molecule has 1 heterocycles. The number of rotatable bonds is 7. The molecule has 0 radical (unpaired) electrons. The summed E-state index contributed by atoms with van der Waals surface area (Å²) >= 11 is 0. The molecule has 1 aliphatic carbocycles. The maximum absolute atomic E-state index is 12.4. The minimum absolute atomic E-state index is 0.0741. The summed E-state index contributed by atoms with van der Waals surface area (Å²) in [7, 11) is 0. The summed E-state index contributed by atoms with van der Waals surface area (Å²) in [4.78, 5) is 14.3. The zero-order valence-electron chi connectivity index (χ0n) is 11.9. The van der Waals surface area contributed by atoms with Crippen molar-refractivity contribution in [2.45, 2.75) is 64.6 Å². The first-order chi connectivity index (χ1) is 9.11. The molecule has 0 spiro atoms. The van der Waals surface area contributed by atoms with Crippen molar-refractivity contribution >= 4 is 5.91 Å². The van der Waals surface area contributed by atoms with Crippen LogP contribution in [0.1, 0.15) is 50.5 Å². The molecule has 0 saturated heterocycles. The Morgan fingerprint density at radius 1 is 1.53 bits per heavy atom. The van der Waals surface area contributed by atoms with E-state index in [1.165, 1.54) is 0 Å². The topological polar surface area (TPSA) is 59.5 Å². The van der Waals surface area contributed by atoms with Gasteiger partial charge in [-0.2, -0.15) is 0 Å². The lowest BCUT2D eigenvalue weighted by atomic mass is 10.1. The van der Waals surface area contributed by atoms with Gasteiger partial charge < -0.3 is 15.1 Å². The Labute approximate surface area is 114 Å². The molecule has 19 heavy (non-hydrogen) atoms. The molecule has 0 aromatic carbocycles. The molecule has 4 nitrogen and oxygen atoms in total. The fourth-order valence-electron chi connectivity index (χ4n) is 2.27. The molecule has 2 N–H and O–H groups in total. The highest BCUT2D eigenvalue weighted by Gasteiger charge is 2.35. The highest BCUT2D eigenvalue weighted by molar-refractivity contribution is 5.82. The van der Waals surface area contributed by atoms with E-state index >= 15 is 0 Å². The van der Waals surface area contributed by atoms with Gasteiger partial charge >= 0.3 is 0 Å². The zero-order chi connectivity index (χ0) is 13.8. The van der Waals surface area contributed by atoms with Gasteiger partial charge in [0, 0.05) is 6.04 Å². The number of hydrogen-bond donors (Lipinski definition) is 1. The van der Waals surface area contributed by atoms with E-state index in [-0.39, 0.29) is 11.9 Å². The summed E-state index contributed by atoms with van der Waals surface area (Å²) in [5, 5.41) is 0. The number of carbonyl (C=O) groups is 1. The standard InChI is InChI=1S/C15H24N2O2/c1-3-4-5-14(16)15(18)17(12-7-8-12)10-13-9-6-11(2)19-13/h6,9,12,14H,3-5,7-8,10,16H2,1-2H3. The van der Waals surface area contributed by atoms with Crippen LogP contribution >= 0.6 is 0 Å². The van der Waals surface area contributed by atoms with Crippen LogP contribution in [-0.4, -0.2) is 22.9 Å². The van der Waals surface area contributed by atoms with E-state index in [1.54, 1.807) is 0 Å². The Morgan fingerprint density at radius 2 is 2.26 bits per heavy atom. The van der Waals surface area contributed by atoms with Crippen LogP contribution in [-0.2, 0) is 11.3 Å². The molecular weight excluding hydrogens is 240 g/mol. The number of nitrogens with zero attached hydrogens (tertiary/aromatic N) is 1. The van der Waals surface area contributed by atoms with Crippen molar-refractivity contribution in [1.82, 2.24) is 4.90 Å². The minimum Gasteiger partial charge on any atom is -0.464 e. The van der Waals surface area contributed by atoms with Gasteiger partial charge in [-0.15, -0.1) is 0 Å². The third-order valence-corrected chi connectivity index (χ3v) is 3.58. The molecule has 1 atom stereocenters. The van der Waals surface area contributed by atoms with E-state index < -0.39 is 0 Å². The van der Waals surface area contributed by atoms with Crippen molar-refractivity contribution in [2.24, 2.45) is 5.73 Å². The van der Waals surface area contributed by atoms with E-state index in [2.05, 4.69) is 6.92 Å². The predicted molar refractivity (Wildman–Crippen MR) is 74.5 cm³/mol. The quantitative estimate of drug-likeness (QED) is 0.823. The fraction of sp³-hybridized carbons (Fsp3) is 0.667. The fourth-order valence-corrected chi connectivity index (χ4v) is 2.27. The van der Waals surface area contributed by atoms with Gasteiger partial charge in [-0.25, -0.2) is 0 Å². The van der Waals surface area contributed by atoms with Gasteiger partial charge in [0.05, 0.1) is 12.6 Å². The Balaban J connectivity index is 1.97. The number of nitrogens with two attached hydrogens (primary N) is 1. The lowest BCUT2D eigenvalue weighted by molar-refractivity contribution is -0.134. The van der Waals surface area contributed by atoms with Gasteiger partial charge in [-0.1, -0.05) is 19.8 Å². The van der Waals surface area contributed by atoms with E-state index in [0.29, 0.717) is 12.6 Å². The highest BCUT2D eigenvalue weighted by atomic mass is 16.3. The van der Waals surface area contributed by atoms with Crippen LogP contribution in [0.15, 0.2) is 16.5 Å². The van der Waals surface area contributed by atoms with E-state index in [1.807, 2.05) is 24.0 Å². The number of hydrogen-bond acceptors (Lipinski definition) is 3. The molecule has 1 aliphatic rings. The molecule has 1 fully saturated rings. The van der Waals surface area contributed by atoms with Crippen LogP contribution in [0.25, 0.3) is 0 Å². The number of carbonyl (C=O) groups excluding carboxylic acids is 1. The van der Waals surface area contributed by atoms with Gasteiger partial charge in [-0.3, -0.25) is 4.79 Å². The van der Waals surface area contributed by atoms with Gasteiger partial charge in [-0.05, 0) is 38.3 Å². The molecule has 1 unspecified atom stereocenters. The number of furan rings is 1. The van der Waals surface area contributed by atoms with Crippen LogP contribution in [0.2, 0.25) is 0 Å². The van der Waals surface area contributed by atoms with E-state index in [9.17, 15) is 4.79 Å². The summed E-state index contributed by atoms with van der Waals surface area (Å²) < 4.78 is 5.57. The van der Waals surface area contributed by atoms with Gasteiger partial charge in [0.1, 0.15) is 11.5 Å². The highest BCUT2D eigenvalue weighted by Crippen LogP contribution is 2.29. The molecule has 0 bridgehead atoms. The first kappa shape index (κ1) is 14.1. The first-order valence-corrected chi connectivity index (χ1v) is 7.23. The van der Waals surface area contributed by atoms with Gasteiger partial charge in [0.15, 0.2) is 0 Å². The second-order valence-corrected chi connectivity index (χ2v) is 5.46. The monoisotopic (exact) mass is 264 g/mol. The lowest BCUT2D eigenvalue weighted by Gasteiger charge is -2.24. The number of aryl methyl sites for hydroxylation is 1. The molecule has 0 aliphatic heterocycles. The summed E-state index contributed by atoms with van der Waals surface area (Å²) in [6, 6.07) is 3.87. The zero-order valence-corrected chi connectivity index (χ0v) is 11.9. The Morgan fingerprint density at radius 3 is 2.79 bits per heavy atom. The third-order valence-electron chi connectivity index (χ3n) is 3.58. The van der Waals surface area contributed by atoms with E-state index in [4.69, 9.17) is 10.2 Å². The van der Waals surface area contributed by atoms with Crippen LogP contribution in [0.5, 0.6) is 0 Å². The lowest BCUT2D eigenvalue weighted by Crippen LogP contribution is -2.44. The first-order valence-electron chi connectivity index (χ1n) is 7.23. The Kier molecular flexibility index (Phi) is 4.64. The molecular formula is C15H24N2O2. The molecule has 1 aromatic heterocycles. The van der Waals surface area contributed by atoms with Crippen LogP contribution in [0.4, 0.5) is 0 Å². The molecule has 106 valence electrons. The minimum atomic E-state index is -0.364. The average Bonchev–Trinajstić information content (AvgIpc) is 3.15. The second kappa shape index (κ2) is 6.24. The van der Waals surface area contributed by atoms with Crippen LogP contribution in [0, 0.1) is 6.92 Å². The normalized spacial score (nSPS) is 16.4. The smallest absolute Gasteiger partial charge is 0.240 e. The largest absolute Gasteiger partial charge is 0.464 e. The van der Waals surface area contributed by atoms with Gasteiger partial charge in [0.25, 0.3) is 0 Å². The number of unbranched alkanes of at least 4 members (excludes halogenated alkanes) is 1. The van der Waals surface area contributed by atoms with Crippen molar-refractivity contribution < 1.29 is 9.21 Å². The van der Waals surface area contributed by atoms with Crippen LogP contribution in [0.3, 0.4) is 0 Å². The van der Waals surface area contributed by atoms with Crippen molar-refractivity contribution in [3.63, 3.8) is 0 Å². The van der Waals surface area contributed by atoms with Crippen molar-refractivity contribution in [2.75, 3.05) is 0 Å². The summed E-state index contributed by atoms with van der Waals surface area (Å²) in [5.74, 6) is 1.80. The second-order valence-electron chi connectivity index (χ2n) is 5.46. The summed E-state index contributed by atoms with van der Waals surface area (Å²) in [6.07, 6.45) is 5.03. The Bertz CT molecular complexity index is 424. The maximum atomic E-state index is 12.4. The summed E-state index contributed by atoms with van der Waals surface area (Å²) in [5.41, 5.74) is 6.01.